The van der Waals surface area contributed by atoms with E-state index in [0.29, 0.717) is 0 Å². The van der Waals surface area contributed by atoms with Gasteiger partial charge < -0.3 is 24.0 Å². The second-order valence-electron chi connectivity index (χ2n) is 5.78. The molecule has 0 radical (unpaired) electrons. The Labute approximate surface area is 174 Å². The Morgan fingerprint density at radius 3 is 2.12 bits per heavy atom. The van der Waals surface area contributed by atoms with Gasteiger partial charge in [0.1, 0.15) is 11.4 Å². The van der Waals surface area contributed by atoms with E-state index in [-0.39, 0.29) is 24.0 Å². The first-order valence-electron chi connectivity index (χ1n) is 8.99. The molecule has 0 aliphatic carbocycles. The number of halogens is 1. The van der Waals surface area contributed by atoms with Crippen molar-refractivity contribution in [1.82, 2.24) is 0 Å². The highest BCUT2D eigenvalue weighted by Gasteiger charge is 2.16. The number of rotatable bonds is 8. The minimum Gasteiger partial charge on any atom is -1.00 e. The average Bonchev–Trinajstić information content (AvgIpc) is 2.63. The summed E-state index contributed by atoms with van der Waals surface area (Å²) in [5.41, 5.74) is 2.40. The van der Waals surface area contributed by atoms with Crippen molar-refractivity contribution in [1.29, 1.82) is 0 Å². The summed E-state index contributed by atoms with van der Waals surface area (Å²) in [5, 5.41) is 4.84. The average molecular weight is 468 g/mol. The molecule has 0 saturated carbocycles. The normalized spacial score (nSPS) is 11.4. The highest BCUT2D eigenvalue weighted by Crippen LogP contribution is 2.18. The van der Waals surface area contributed by atoms with Crippen LogP contribution in [0.15, 0.2) is 60.7 Å². The number of thioether (sulfide) groups is 1. The molecule has 0 aliphatic heterocycles. The highest BCUT2D eigenvalue weighted by atomic mass is 127. The maximum atomic E-state index is 3.62. The molecule has 2 aromatic rings. The summed E-state index contributed by atoms with van der Waals surface area (Å²) in [5.74, 6) is 1.05. The van der Waals surface area contributed by atoms with E-state index in [9.17, 15) is 0 Å². The number of nitrogens with one attached hydrogen (secondary N) is 1. The zero-order chi connectivity index (χ0) is 17.0. The first-order valence-corrected chi connectivity index (χ1v) is 9.98. The van der Waals surface area contributed by atoms with E-state index in [2.05, 4.69) is 84.4 Å². The number of unbranched alkanes of at least 4 members (excludes halogenated alkanes) is 3. The summed E-state index contributed by atoms with van der Waals surface area (Å²) in [6.07, 6.45) is 5.08. The molecule has 2 nitrogen and oxygen atoms in total. The molecule has 0 amide bonds. The minimum absolute atomic E-state index is 0. The predicted octanol–water partition coefficient (Wildman–Crippen LogP) is 3.14. The van der Waals surface area contributed by atoms with E-state index >= 15 is 0 Å². The van der Waals surface area contributed by atoms with Crippen molar-refractivity contribution in [2.45, 2.75) is 39.5 Å². The van der Waals surface area contributed by atoms with Gasteiger partial charge in [-0.2, -0.15) is 0 Å². The van der Waals surface area contributed by atoms with Crippen LogP contribution in [0.1, 0.15) is 39.5 Å². The van der Waals surface area contributed by atoms with Gasteiger partial charge in [-0.15, -0.1) is 0 Å². The third kappa shape index (κ3) is 7.82. The number of anilines is 1. The molecule has 136 valence electrons. The second kappa shape index (κ2) is 13.2. The van der Waals surface area contributed by atoms with Crippen molar-refractivity contribution in [3.63, 3.8) is 0 Å². The molecule has 0 aliphatic rings. The number of benzene rings is 2. The quantitative estimate of drug-likeness (QED) is 0.211. The molecule has 0 atom stereocenters. The molecule has 0 saturated heterocycles. The Morgan fingerprint density at radius 2 is 1.52 bits per heavy atom. The highest BCUT2D eigenvalue weighted by molar-refractivity contribution is 8.13. The lowest BCUT2D eigenvalue weighted by Gasteiger charge is -2.12. The predicted molar refractivity (Wildman–Crippen MR) is 109 cm³/mol. The van der Waals surface area contributed by atoms with Crippen LogP contribution in [0.5, 0.6) is 0 Å². The fourth-order valence-electron chi connectivity index (χ4n) is 2.62. The molecule has 0 spiro atoms. The first-order chi connectivity index (χ1) is 11.8. The monoisotopic (exact) mass is 468 g/mol. The van der Waals surface area contributed by atoms with Gasteiger partial charge in [0.2, 0.25) is 0 Å². The summed E-state index contributed by atoms with van der Waals surface area (Å²) in [6, 6.07) is 21.2. The van der Waals surface area contributed by atoms with Gasteiger partial charge in [-0.25, -0.2) is 9.89 Å². The molecule has 1 N–H and O–H groups in total. The van der Waals surface area contributed by atoms with Crippen molar-refractivity contribution in [3.8, 4) is 0 Å². The molecule has 4 heteroatoms. The van der Waals surface area contributed by atoms with Gasteiger partial charge in [0, 0.05) is 5.75 Å². The smallest absolute Gasteiger partial charge is 0.316 e. The Balaban J connectivity index is 0.00000312. The summed E-state index contributed by atoms with van der Waals surface area (Å²) < 4.78 is 2.43. The van der Waals surface area contributed by atoms with Crippen LogP contribution in [-0.4, -0.2) is 22.0 Å². The minimum atomic E-state index is 0. The third-order valence-corrected chi connectivity index (χ3v) is 4.74. The van der Waals surface area contributed by atoms with E-state index in [4.69, 9.17) is 0 Å². The van der Waals surface area contributed by atoms with Gasteiger partial charge >= 0.3 is 5.17 Å². The number of hydrogen-bond donors (Lipinski definition) is 1. The number of hydrogen-bond acceptors (Lipinski definition) is 1. The third-order valence-electron chi connectivity index (χ3n) is 3.85. The van der Waals surface area contributed by atoms with E-state index < -0.39 is 0 Å². The van der Waals surface area contributed by atoms with Gasteiger partial charge in [-0.1, -0.05) is 63.1 Å². The van der Waals surface area contributed by atoms with Crippen molar-refractivity contribution < 1.29 is 28.6 Å². The van der Waals surface area contributed by atoms with Crippen molar-refractivity contribution in [2.75, 3.05) is 17.6 Å². The van der Waals surface area contributed by atoms with Crippen LogP contribution in [0, 0.1) is 0 Å². The topological polar surface area (TPSA) is 15.0 Å². The summed E-state index contributed by atoms with van der Waals surface area (Å²) >= 11 is 1.87. The van der Waals surface area contributed by atoms with Crippen LogP contribution in [0.3, 0.4) is 0 Å². The maximum Gasteiger partial charge on any atom is 0.316 e. The fraction of sp³-hybridized carbons (Fsp3) is 0.381. The lowest BCUT2D eigenvalue weighted by molar-refractivity contribution is -0.438. The van der Waals surface area contributed by atoms with Gasteiger partial charge in [0.05, 0.1) is 6.54 Å². The molecular formula is C21H29IN2S. The van der Waals surface area contributed by atoms with Crippen LogP contribution in [0.4, 0.5) is 11.4 Å². The zero-order valence-electron chi connectivity index (χ0n) is 15.2. The van der Waals surface area contributed by atoms with Gasteiger partial charge in [-0.05, 0) is 48.9 Å². The van der Waals surface area contributed by atoms with E-state index in [1.807, 2.05) is 11.8 Å². The SMILES string of the molecule is CCCCCC[N+](=C(Nc1ccccc1)SCC)c1ccccc1.[I-]. The van der Waals surface area contributed by atoms with E-state index in [1.165, 1.54) is 36.5 Å². The molecule has 0 unspecified atom stereocenters. The Kier molecular flexibility index (Phi) is 11.7. The summed E-state index contributed by atoms with van der Waals surface area (Å²) in [7, 11) is 0. The Hall–Kier alpha value is -1.01. The molecular weight excluding hydrogens is 439 g/mol. The van der Waals surface area contributed by atoms with Crippen molar-refractivity contribution in [3.05, 3.63) is 60.7 Å². The Morgan fingerprint density at radius 1 is 0.880 bits per heavy atom. The standard InChI is InChI=1S/C21H28N2S.HI/c1-3-5-6-13-18-23(20-16-11-8-12-17-20)21(24-4-2)22-19-14-9-7-10-15-19;/h7-12,14-17H,3-6,13,18H2,1-2H3;1H. The Bertz CT molecular complexity index is 614. The molecule has 0 aromatic heterocycles. The molecule has 0 fully saturated rings. The zero-order valence-corrected chi connectivity index (χ0v) is 18.2. The summed E-state index contributed by atoms with van der Waals surface area (Å²) in [6.45, 7) is 5.51. The second-order valence-corrected chi connectivity index (χ2v) is 7.03. The maximum absolute atomic E-state index is 3.62. The van der Waals surface area contributed by atoms with Crippen LogP contribution < -0.4 is 29.3 Å². The number of para-hydroxylation sites is 2. The van der Waals surface area contributed by atoms with Crippen molar-refractivity contribution in [2.24, 2.45) is 0 Å². The van der Waals surface area contributed by atoms with Gasteiger partial charge in [-0.3, -0.25) is 0 Å². The molecule has 2 aromatic carbocycles. The molecule has 0 heterocycles. The van der Waals surface area contributed by atoms with Crippen LogP contribution in [0.25, 0.3) is 0 Å². The van der Waals surface area contributed by atoms with E-state index in [0.717, 1.165) is 18.0 Å². The van der Waals surface area contributed by atoms with Gasteiger partial charge in [0.15, 0.2) is 0 Å². The van der Waals surface area contributed by atoms with Crippen LogP contribution in [-0.2, 0) is 0 Å². The number of amidine groups is 1. The van der Waals surface area contributed by atoms with E-state index in [1.54, 1.807) is 0 Å². The van der Waals surface area contributed by atoms with Crippen LogP contribution >= 0.6 is 11.8 Å². The van der Waals surface area contributed by atoms with Gasteiger partial charge in [0.25, 0.3) is 0 Å². The number of nitrogens with zero attached hydrogens (tertiary/aromatic N) is 1. The lowest BCUT2D eigenvalue weighted by atomic mass is 10.2. The van der Waals surface area contributed by atoms with Crippen LogP contribution in [0.2, 0.25) is 0 Å². The first kappa shape index (κ1) is 22.0. The molecule has 0 bridgehead atoms. The molecule has 2 rings (SSSR count). The fourth-order valence-corrected chi connectivity index (χ4v) is 3.43. The lowest BCUT2D eigenvalue weighted by Crippen LogP contribution is -3.00. The largest absolute Gasteiger partial charge is 1.00 e. The summed E-state index contributed by atoms with van der Waals surface area (Å²) in [4.78, 5) is 0. The van der Waals surface area contributed by atoms with Crippen molar-refractivity contribution >= 4 is 28.3 Å². The molecule has 25 heavy (non-hydrogen) atoms.